The molecule has 296 valence electrons. The van der Waals surface area contributed by atoms with Crippen LogP contribution >= 0.6 is 0 Å². The molecule has 0 radical (unpaired) electrons. The summed E-state index contributed by atoms with van der Waals surface area (Å²) in [6.45, 7) is 31.1. The standard InChI is InChI=1S/C51H58B2O4Si/c1-14-15-40-39-25-16-32(28-43(39)58(12,13)46(40)34-19-23-38(24-20-34)52-54-48(5,6)49(7,8)55-52)31-51(11)50(9,10)56-53(57-51)42-27-22-33-17-18-35-29-37(47(2,3)4)30-36-21-26-41(42)45(33)44(35)36/h14,16-30H,1,15,31H2,2-13H3. The lowest BCUT2D eigenvalue weighted by molar-refractivity contribution is -0.00875. The van der Waals surface area contributed by atoms with Crippen molar-refractivity contribution in [2.45, 2.75) is 123 Å². The molecule has 4 nitrogen and oxygen atoms in total. The lowest BCUT2D eigenvalue weighted by atomic mass is 9.74. The summed E-state index contributed by atoms with van der Waals surface area (Å²) >= 11 is 0. The highest BCUT2D eigenvalue weighted by Crippen LogP contribution is 2.45. The minimum atomic E-state index is -2.12. The molecule has 6 aromatic rings. The Labute approximate surface area is 347 Å². The van der Waals surface area contributed by atoms with Crippen molar-refractivity contribution in [3.63, 3.8) is 0 Å². The van der Waals surface area contributed by atoms with Gasteiger partial charge in [-0.2, -0.15) is 0 Å². The van der Waals surface area contributed by atoms with E-state index < -0.39 is 26.4 Å². The van der Waals surface area contributed by atoms with Crippen LogP contribution in [0, 0.1) is 0 Å². The number of allylic oxidation sites excluding steroid dienone is 2. The van der Waals surface area contributed by atoms with Gasteiger partial charge in [0.2, 0.25) is 0 Å². The second-order valence-corrected chi connectivity index (χ2v) is 24.8. The van der Waals surface area contributed by atoms with Crippen molar-refractivity contribution in [3.05, 3.63) is 126 Å². The fourth-order valence-electron chi connectivity index (χ4n) is 9.85. The zero-order valence-corrected chi connectivity index (χ0v) is 37.6. The molecule has 3 aliphatic rings. The maximum atomic E-state index is 7.15. The molecule has 0 aromatic heterocycles. The van der Waals surface area contributed by atoms with Crippen LogP contribution in [-0.2, 0) is 30.5 Å². The number of benzene rings is 6. The Morgan fingerprint density at radius 1 is 0.655 bits per heavy atom. The van der Waals surface area contributed by atoms with Crippen LogP contribution in [-0.4, -0.2) is 44.7 Å². The molecule has 0 aliphatic carbocycles. The van der Waals surface area contributed by atoms with Crippen LogP contribution in [0.5, 0.6) is 0 Å². The Hall–Kier alpha value is -3.97. The first-order valence-electron chi connectivity index (χ1n) is 21.2. The van der Waals surface area contributed by atoms with Gasteiger partial charge in [0, 0.05) is 6.42 Å². The molecule has 9 rings (SSSR count). The predicted molar refractivity (Wildman–Crippen MR) is 250 cm³/mol. The summed E-state index contributed by atoms with van der Waals surface area (Å²) in [5, 5.41) is 10.6. The third-order valence-corrected chi connectivity index (χ3v) is 18.0. The van der Waals surface area contributed by atoms with E-state index in [1.54, 1.807) is 0 Å². The molecule has 3 aliphatic heterocycles. The quantitative estimate of drug-likeness (QED) is 0.0918. The van der Waals surface area contributed by atoms with Gasteiger partial charge in [-0.1, -0.05) is 131 Å². The molecule has 0 saturated carbocycles. The molecule has 0 N–H and O–H groups in total. The van der Waals surface area contributed by atoms with Gasteiger partial charge in [-0.25, -0.2) is 0 Å². The smallest absolute Gasteiger partial charge is 0.399 e. The van der Waals surface area contributed by atoms with Crippen LogP contribution in [0.25, 0.3) is 43.1 Å². The van der Waals surface area contributed by atoms with Crippen LogP contribution < -0.4 is 16.1 Å². The van der Waals surface area contributed by atoms with Gasteiger partial charge < -0.3 is 18.6 Å². The Balaban J connectivity index is 1.02. The second kappa shape index (κ2) is 13.0. The molecular formula is C51H58B2O4Si. The van der Waals surface area contributed by atoms with E-state index in [1.165, 1.54) is 70.5 Å². The molecule has 7 heteroatoms. The van der Waals surface area contributed by atoms with Crippen molar-refractivity contribution in [2.75, 3.05) is 0 Å². The van der Waals surface area contributed by atoms with Crippen molar-refractivity contribution in [1.82, 2.24) is 0 Å². The maximum absolute atomic E-state index is 7.15. The van der Waals surface area contributed by atoms with Crippen molar-refractivity contribution in [1.29, 1.82) is 0 Å². The largest absolute Gasteiger partial charge is 0.495 e. The highest BCUT2D eigenvalue weighted by molar-refractivity contribution is 7.07. The van der Waals surface area contributed by atoms with Gasteiger partial charge in [0.1, 0.15) is 8.07 Å². The van der Waals surface area contributed by atoms with Gasteiger partial charge in [-0.15, -0.1) is 6.58 Å². The number of rotatable bonds is 7. The first-order valence-corrected chi connectivity index (χ1v) is 24.2. The molecule has 0 bridgehead atoms. The summed E-state index contributed by atoms with van der Waals surface area (Å²) < 4.78 is 26.9. The Kier molecular flexibility index (Phi) is 8.86. The van der Waals surface area contributed by atoms with Crippen LogP contribution in [0.4, 0.5) is 0 Å². The third kappa shape index (κ3) is 6.02. The predicted octanol–water partition coefficient (Wildman–Crippen LogP) is 10.7. The summed E-state index contributed by atoms with van der Waals surface area (Å²) in [7, 11) is -2.98. The third-order valence-electron chi connectivity index (χ3n) is 14.4. The number of fused-ring (bicyclic) bond motifs is 1. The van der Waals surface area contributed by atoms with E-state index in [1.807, 2.05) is 0 Å². The molecular weight excluding hydrogens is 726 g/mol. The van der Waals surface area contributed by atoms with Gasteiger partial charge in [0.25, 0.3) is 0 Å². The number of hydrogen-bond acceptors (Lipinski definition) is 4. The van der Waals surface area contributed by atoms with Gasteiger partial charge in [-0.05, 0) is 142 Å². The molecule has 3 heterocycles. The summed E-state index contributed by atoms with van der Waals surface area (Å²) in [5.41, 5.74) is 7.03. The highest BCUT2D eigenvalue weighted by Gasteiger charge is 2.55. The topological polar surface area (TPSA) is 36.9 Å². The first-order chi connectivity index (χ1) is 27.1. The average Bonchev–Trinajstić information content (AvgIpc) is 3.62. The van der Waals surface area contributed by atoms with Crippen LogP contribution in [0.3, 0.4) is 0 Å². The minimum Gasteiger partial charge on any atom is -0.399 e. The number of hydrogen-bond donors (Lipinski definition) is 0. The highest BCUT2D eigenvalue weighted by atomic mass is 28.3. The van der Waals surface area contributed by atoms with E-state index >= 15 is 0 Å². The van der Waals surface area contributed by atoms with E-state index in [2.05, 4.69) is 186 Å². The van der Waals surface area contributed by atoms with Crippen molar-refractivity contribution >= 4 is 81.5 Å². The maximum Gasteiger partial charge on any atom is 0.495 e. The second-order valence-electron chi connectivity index (χ2n) is 20.5. The lowest BCUT2D eigenvalue weighted by Crippen LogP contribution is -2.47. The normalized spacial score (nSPS) is 22.2. The summed E-state index contributed by atoms with van der Waals surface area (Å²) in [4.78, 5) is 0. The SMILES string of the molecule is C=CCC1=C(c2ccc(B3OC(C)(C)C(C)(C)O3)cc2)[Si](C)(C)c2cc(CC3(C)OB(c4ccc5ccc6cc(C(C)(C)C)cc7ccc4c5c67)OC3(C)C)ccc21. The molecule has 6 aromatic carbocycles. The van der Waals surface area contributed by atoms with Crippen LogP contribution in [0.1, 0.15) is 97.9 Å². The molecule has 0 amide bonds. The van der Waals surface area contributed by atoms with E-state index in [0.717, 1.165) is 23.8 Å². The van der Waals surface area contributed by atoms with Crippen molar-refractivity contribution in [3.8, 4) is 0 Å². The summed E-state index contributed by atoms with van der Waals surface area (Å²) in [6.07, 6.45) is 3.62. The fourth-order valence-corrected chi connectivity index (χ4v) is 13.5. The molecule has 58 heavy (non-hydrogen) atoms. The zero-order valence-electron chi connectivity index (χ0n) is 36.6. The van der Waals surface area contributed by atoms with Crippen molar-refractivity contribution in [2.24, 2.45) is 0 Å². The molecule has 2 saturated heterocycles. The molecule has 0 spiro atoms. The first kappa shape index (κ1) is 39.5. The van der Waals surface area contributed by atoms with Gasteiger partial charge in [0.05, 0.1) is 22.4 Å². The minimum absolute atomic E-state index is 0.0731. The Morgan fingerprint density at radius 2 is 1.26 bits per heavy atom. The van der Waals surface area contributed by atoms with Crippen LogP contribution in [0.2, 0.25) is 13.1 Å². The summed E-state index contributed by atoms with van der Waals surface area (Å²) in [6, 6.07) is 34.4. The summed E-state index contributed by atoms with van der Waals surface area (Å²) in [5.74, 6) is 0. The van der Waals surface area contributed by atoms with E-state index in [9.17, 15) is 0 Å². The van der Waals surface area contributed by atoms with Gasteiger partial charge >= 0.3 is 14.2 Å². The fraction of sp³-hybridized carbons (Fsp3) is 0.373. The van der Waals surface area contributed by atoms with Gasteiger partial charge in [-0.3, -0.25) is 0 Å². The van der Waals surface area contributed by atoms with E-state index in [-0.39, 0.29) is 23.7 Å². The van der Waals surface area contributed by atoms with E-state index in [0.29, 0.717) is 0 Å². The Bertz CT molecular complexity index is 2630. The van der Waals surface area contributed by atoms with Crippen LogP contribution in [0.15, 0.2) is 104 Å². The Morgan fingerprint density at radius 3 is 1.90 bits per heavy atom. The molecule has 1 unspecified atom stereocenters. The van der Waals surface area contributed by atoms with Crippen molar-refractivity contribution < 1.29 is 18.6 Å². The molecule has 1 atom stereocenters. The van der Waals surface area contributed by atoms with Gasteiger partial charge in [0.15, 0.2) is 0 Å². The lowest BCUT2D eigenvalue weighted by Gasteiger charge is -2.37. The monoisotopic (exact) mass is 784 g/mol. The van der Waals surface area contributed by atoms with E-state index in [4.69, 9.17) is 18.6 Å². The average molecular weight is 785 g/mol. The molecule has 2 fully saturated rings. The zero-order chi connectivity index (χ0) is 41.4.